The van der Waals surface area contributed by atoms with E-state index in [2.05, 4.69) is 10.3 Å². The van der Waals surface area contributed by atoms with E-state index in [1.165, 1.54) is 30.3 Å². The van der Waals surface area contributed by atoms with Gasteiger partial charge in [0.25, 0.3) is 11.6 Å². The number of benzene rings is 2. The fourth-order valence-electron chi connectivity index (χ4n) is 2.20. The van der Waals surface area contributed by atoms with Crippen LogP contribution in [0.4, 0.5) is 16.5 Å². The van der Waals surface area contributed by atoms with E-state index in [-0.39, 0.29) is 15.7 Å². The van der Waals surface area contributed by atoms with Crippen LogP contribution in [0.5, 0.6) is 0 Å². The molecule has 3 N–H and O–H groups in total. The number of amides is 1. The summed E-state index contributed by atoms with van der Waals surface area (Å²) in [5.74, 6) is -0.461. The molecule has 2 aromatic carbocycles. The highest BCUT2D eigenvalue weighted by atomic mass is 35.5. The van der Waals surface area contributed by atoms with Gasteiger partial charge in [-0.2, -0.15) is 0 Å². The van der Waals surface area contributed by atoms with Gasteiger partial charge < -0.3 is 11.1 Å². The SMILES string of the molecule is Nc1nc(-c2ccc([N+](=O)[O-])cc2)c(C(=O)Nc2cc(Cl)ccc2Cl)s1. The molecular formula is C16H10Cl2N4O3S. The Morgan fingerprint density at radius 1 is 1.19 bits per heavy atom. The number of carbonyl (C=O) groups is 1. The Morgan fingerprint density at radius 3 is 2.54 bits per heavy atom. The highest BCUT2D eigenvalue weighted by molar-refractivity contribution is 7.17. The van der Waals surface area contributed by atoms with Crippen molar-refractivity contribution in [3.8, 4) is 11.3 Å². The lowest BCUT2D eigenvalue weighted by Crippen LogP contribution is -2.11. The predicted octanol–water partition coefficient (Wildman–Crippen LogP) is 4.86. The molecule has 0 aliphatic carbocycles. The maximum Gasteiger partial charge on any atom is 0.269 e. The number of rotatable bonds is 4. The summed E-state index contributed by atoms with van der Waals surface area (Å²) >= 11 is 13.0. The molecule has 3 rings (SSSR count). The molecule has 0 saturated heterocycles. The molecule has 0 unspecified atom stereocenters. The maximum absolute atomic E-state index is 12.7. The minimum absolute atomic E-state index is 0.0614. The van der Waals surface area contributed by atoms with Crippen LogP contribution >= 0.6 is 34.5 Å². The molecule has 0 aliphatic rings. The second-order valence-corrected chi connectivity index (χ2v) is 6.99. The number of anilines is 2. The summed E-state index contributed by atoms with van der Waals surface area (Å²) in [4.78, 5) is 27.3. The van der Waals surface area contributed by atoms with Crippen LogP contribution in [0.3, 0.4) is 0 Å². The number of nitrogens with one attached hydrogen (secondary N) is 1. The first-order chi connectivity index (χ1) is 12.3. The first kappa shape index (κ1) is 18.1. The number of nitro benzene ring substituents is 1. The Hall–Kier alpha value is -2.68. The van der Waals surface area contributed by atoms with Crippen molar-refractivity contribution in [3.63, 3.8) is 0 Å². The Morgan fingerprint density at radius 2 is 1.88 bits per heavy atom. The van der Waals surface area contributed by atoms with Gasteiger partial charge in [-0.15, -0.1) is 0 Å². The third-order valence-corrected chi connectivity index (χ3v) is 4.83. The fraction of sp³-hybridized carbons (Fsp3) is 0. The van der Waals surface area contributed by atoms with Crippen molar-refractivity contribution in [2.45, 2.75) is 0 Å². The predicted molar refractivity (Wildman–Crippen MR) is 103 cm³/mol. The van der Waals surface area contributed by atoms with Crippen LogP contribution in [0, 0.1) is 10.1 Å². The largest absolute Gasteiger partial charge is 0.375 e. The van der Waals surface area contributed by atoms with E-state index in [9.17, 15) is 14.9 Å². The Kier molecular flexibility index (Phi) is 5.08. The number of nitrogens with two attached hydrogens (primary N) is 1. The zero-order valence-corrected chi connectivity index (χ0v) is 15.2. The van der Waals surface area contributed by atoms with Gasteiger partial charge in [0.05, 0.1) is 21.3 Å². The summed E-state index contributed by atoms with van der Waals surface area (Å²) < 4.78 is 0. The van der Waals surface area contributed by atoms with Crippen LogP contribution in [0.1, 0.15) is 9.67 Å². The summed E-state index contributed by atoms with van der Waals surface area (Å²) in [5.41, 5.74) is 6.91. The third kappa shape index (κ3) is 3.77. The lowest BCUT2D eigenvalue weighted by Gasteiger charge is -2.07. The number of nitro groups is 1. The summed E-state index contributed by atoms with van der Waals surface area (Å²) in [7, 11) is 0. The van der Waals surface area contributed by atoms with Gasteiger partial charge in [-0.1, -0.05) is 34.5 Å². The van der Waals surface area contributed by atoms with Crippen LogP contribution < -0.4 is 11.1 Å². The maximum atomic E-state index is 12.7. The molecule has 1 aromatic heterocycles. The lowest BCUT2D eigenvalue weighted by atomic mass is 10.1. The molecule has 0 aliphatic heterocycles. The molecule has 3 aromatic rings. The van der Waals surface area contributed by atoms with Crippen molar-refractivity contribution in [2.75, 3.05) is 11.1 Å². The van der Waals surface area contributed by atoms with E-state index in [1.54, 1.807) is 12.1 Å². The first-order valence-electron chi connectivity index (χ1n) is 7.12. The minimum atomic E-state index is -0.506. The molecule has 0 bridgehead atoms. The Labute approximate surface area is 161 Å². The van der Waals surface area contributed by atoms with Gasteiger partial charge in [0.1, 0.15) is 4.88 Å². The number of aromatic nitrogens is 1. The topological polar surface area (TPSA) is 111 Å². The van der Waals surface area contributed by atoms with Crippen LogP contribution in [-0.2, 0) is 0 Å². The van der Waals surface area contributed by atoms with Crippen molar-refractivity contribution in [3.05, 3.63) is 67.5 Å². The molecule has 132 valence electrons. The summed E-state index contributed by atoms with van der Waals surface area (Å²) in [5, 5.41) is 14.4. The molecule has 0 saturated carbocycles. The average Bonchev–Trinajstić information content (AvgIpc) is 3.00. The van der Waals surface area contributed by atoms with Crippen LogP contribution in [-0.4, -0.2) is 15.8 Å². The smallest absolute Gasteiger partial charge is 0.269 e. The molecule has 0 atom stereocenters. The van der Waals surface area contributed by atoms with Crippen molar-refractivity contribution in [1.82, 2.24) is 4.98 Å². The quantitative estimate of drug-likeness (QED) is 0.472. The standard InChI is InChI=1S/C16H10Cl2N4O3S/c17-9-3-6-11(18)12(7-9)20-15(23)14-13(21-16(19)26-14)8-1-4-10(5-2-8)22(24)25/h1-7H,(H2,19,21)(H,20,23). The van der Waals surface area contributed by atoms with E-state index in [0.717, 1.165) is 11.3 Å². The van der Waals surface area contributed by atoms with Crippen molar-refractivity contribution in [1.29, 1.82) is 0 Å². The monoisotopic (exact) mass is 408 g/mol. The van der Waals surface area contributed by atoms with Gasteiger partial charge in [-0.05, 0) is 30.3 Å². The number of non-ortho nitro benzene ring substituents is 1. The average molecular weight is 409 g/mol. The highest BCUT2D eigenvalue weighted by Gasteiger charge is 2.20. The van der Waals surface area contributed by atoms with Crippen LogP contribution in [0.15, 0.2) is 42.5 Å². The van der Waals surface area contributed by atoms with Crippen molar-refractivity contribution < 1.29 is 9.72 Å². The number of halogens is 2. The molecule has 0 radical (unpaired) electrons. The van der Waals surface area contributed by atoms with E-state index in [4.69, 9.17) is 28.9 Å². The molecule has 10 heteroatoms. The Balaban J connectivity index is 1.94. The highest BCUT2D eigenvalue weighted by Crippen LogP contribution is 2.32. The van der Waals surface area contributed by atoms with E-state index >= 15 is 0 Å². The number of nitrogens with zero attached hydrogens (tertiary/aromatic N) is 2. The number of hydrogen-bond acceptors (Lipinski definition) is 6. The second-order valence-electron chi connectivity index (χ2n) is 5.11. The number of nitrogen functional groups attached to an aromatic ring is 1. The summed E-state index contributed by atoms with van der Waals surface area (Å²) in [6.45, 7) is 0. The fourth-order valence-corrected chi connectivity index (χ4v) is 3.29. The van der Waals surface area contributed by atoms with E-state index < -0.39 is 10.8 Å². The van der Waals surface area contributed by atoms with Gasteiger partial charge in [-0.25, -0.2) is 4.98 Å². The van der Waals surface area contributed by atoms with Gasteiger partial charge in [0, 0.05) is 22.7 Å². The van der Waals surface area contributed by atoms with Gasteiger partial charge in [0.15, 0.2) is 5.13 Å². The van der Waals surface area contributed by atoms with E-state index in [1.807, 2.05) is 0 Å². The normalized spacial score (nSPS) is 10.5. The molecule has 0 spiro atoms. The lowest BCUT2D eigenvalue weighted by molar-refractivity contribution is -0.384. The minimum Gasteiger partial charge on any atom is -0.375 e. The van der Waals surface area contributed by atoms with Gasteiger partial charge in [-0.3, -0.25) is 14.9 Å². The first-order valence-corrected chi connectivity index (χ1v) is 8.70. The van der Waals surface area contributed by atoms with Crippen molar-refractivity contribution >= 4 is 57.0 Å². The zero-order valence-electron chi connectivity index (χ0n) is 12.9. The second kappa shape index (κ2) is 7.28. The van der Waals surface area contributed by atoms with Gasteiger partial charge in [0.2, 0.25) is 0 Å². The summed E-state index contributed by atoms with van der Waals surface area (Å²) in [6.07, 6.45) is 0. The molecule has 7 nitrogen and oxygen atoms in total. The van der Waals surface area contributed by atoms with E-state index in [0.29, 0.717) is 27.0 Å². The van der Waals surface area contributed by atoms with Crippen molar-refractivity contribution in [2.24, 2.45) is 0 Å². The number of carbonyl (C=O) groups excluding carboxylic acids is 1. The van der Waals surface area contributed by atoms with Crippen LogP contribution in [0.2, 0.25) is 10.0 Å². The van der Waals surface area contributed by atoms with Gasteiger partial charge >= 0.3 is 0 Å². The Bertz CT molecular complexity index is 1010. The molecule has 1 amide bonds. The molecule has 0 fully saturated rings. The third-order valence-electron chi connectivity index (χ3n) is 3.38. The molecule has 26 heavy (non-hydrogen) atoms. The zero-order chi connectivity index (χ0) is 18.8. The molecule has 1 heterocycles. The summed E-state index contributed by atoms with van der Waals surface area (Å²) in [6, 6.07) is 10.4. The molecular weight excluding hydrogens is 399 g/mol. The van der Waals surface area contributed by atoms with Crippen LogP contribution in [0.25, 0.3) is 11.3 Å². The number of thiazole rings is 1. The number of hydrogen-bond donors (Lipinski definition) is 2.